The summed E-state index contributed by atoms with van der Waals surface area (Å²) in [6.07, 6.45) is 3.61. The van der Waals surface area contributed by atoms with E-state index in [2.05, 4.69) is 15.4 Å². The molecule has 0 aliphatic carbocycles. The molecule has 0 amide bonds. The molecule has 0 radical (unpaired) electrons. The number of methoxy groups -OCH3 is 1. The van der Waals surface area contributed by atoms with Gasteiger partial charge in [-0.3, -0.25) is 9.78 Å². The summed E-state index contributed by atoms with van der Waals surface area (Å²) >= 11 is 1.35. The van der Waals surface area contributed by atoms with Gasteiger partial charge in [-0.25, -0.2) is 8.78 Å². The topological polar surface area (TPSA) is 94.9 Å². The third kappa shape index (κ3) is 6.95. The number of aliphatic carboxylic acids is 1. The molecule has 1 saturated heterocycles. The van der Waals surface area contributed by atoms with Gasteiger partial charge >= 0.3 is 5.97 Å². The van der Waals surface area contributed by atoms with Gasteiger partial charge in [0.15, 0.2) is 0 Å². The number of likely N-dealkylation sites (tertiary alicyclic amines) is 1. The number of rotatable bonds is 11. The van der Waals surface area contributed by atoms with E-state index in [9.17, 15) is 23.9 Å². The highest BCUT2D eigenvalue weighted by molar-refractivity contribution is 7.99. The van der Waals surface area contributed by atoms with Gasteiger partial charge < -0.3 is 20.0 Å². The molecule has 3 atom stereocenters. The Morgan fingerprint density at radius 1 is 1.24 bits per heavy atom. The summed E-state index contributed by atoms with van der Waals surface area (Å²) < 4.78 is 32.2. The number of fused-ring (bicyclic) bond motifs is 1. The van der Waals surface area contributed by atoms with Crippen LogP contribution in [0.25, 0.3) is 10.9 Å². The van der Waals surface area contributed by atoms with Crippen molar-refractivity contribution in [2.45, 2.75) is 30.2 Å². The molecule has 7 nitrogen and oxygen atoms in total. The summed E-state index contributed by atoms with van der Waals surface area (Å²) in [4.78, 5) is 19.1. The van der Waals surface area contributed by atoms with Gasteiger partial charge in [0.25, 0.3) is 0 Å². The van der Waals surface area contributed by atoms with Crippen LogP contribution in [-0.2, 0) is 4.79 Å². The number of nitrogens with zero attached hydrogens (tertiary/aromatic N) is 2. The lowest BCUT2D eigenvalue weighted by molar-refractivity contribution is -0.146. The second kappa shape index (κ2) is 12.6. The minimum atomic E-state index is -0.831. The van der Waals surface area contributed by atoms with Crippen LogP contribution in [0, 0.1) is 23.5 Å². The molecule has 0 saturated carbocycles. The number of hydrogen-bond donors (Lipinski definition) is 3. The standard InChI is InChI=1S/C27H31F2N3O4S/c1-36-20-3-5-25-23(15-20)22(6-8-30-25)26(31-35)4-2-17-7-9-32(16-24(17)27(33)34)10-11-37-21-13-18(28)12-19(29)14-21/h3,5-6,8,12-15,17,24,26,31,35H,2,4,7,9-11,16H2,1H3,(H,33,34)/t17-,24+,26?/m1/s1. The number of halogens is 2. The molecule has 0 bridgehead atoms. The van der Waals surface area contributed by atoms with Gasteiger partial charge in [-0.05, 0) is 73.7 Å². The van der Waals surface area contributed by atoms with Crippen LogP contribution in [0.5, 0.6) is 5.75 Å². The highest BCUT2D eigenvalue weighted by Gasteiger charge is 2.34. The summed E-state index contributed by atoms with van der Waals surface area (Å²) in [6, 6.07) is 10.5. The van der Waals surface area contributed by atoms with Gasteiger partial charge in [0.05, 0.1) is 24.6 Å². The lowest BCUT2D eigenvalue weighted by Gasteiger charge is -2.37. The quantitative estimate of drug-likeness (QED) is 0.231. The fourth-order valence-corrected chi connectivity index (χ4v) is 6.03. The van der Waals surface area contributed by atoms with Gasteiger partial charge in [-0.1, -0.05) is 0 Å². The minimum absolute atomic E-state index is 0.0304. The third-order valence-corrected chi connectivity index (χ3v) is 7.97. The number of benzene rings is 2. The molecule has 2 heterocycles. The number of carboxylic acids is 1. The molecule has 1 fully saturated rings. The molecule has 0 spiro atoms. The molecule has 198 valence electrons. The molecule has 1 unspecified atom stereocenters. The van der Waals surface area contributed by atoms with Gasteiger partial charge in [-0.2, -0.15) is 5.48 Å². The Labute approximate surface area is 218 Å². The average Bonchev–Trinajstić information content (AvgIpc) is 2.88. The normalized spacial score (nSPS) is 19.1. The Morgan fingerprint density at radius 3 is 2.73 bits per heavy atom. The van der Waals surface area contributed by atoms with Crippen LogP contribution in [0.4, 0.5) is 8.78 Å². The number of hydrogen-bond acceptors (Lipinski definition) is 7. The molecule has 3 N–H and O–H groups in total. The molecular weight excluding hydrogens is 500 g/mol. The van der Waals surface area contributed by atoms with E-state index in [1.165, 1.54) is 23.9 Å². The van der Waals surface area contributed by atoms with E-state index < -0.39 is 23.5 Å². The number of aromatic nitrogens is 1. The van der Waals surface area contributed by atoms with E-state index in [4.69, 9.17) is 4.74 Å². The van der Waals surface area contributed by atoms with E-state index >= 15 is 0 Å². The van der Waals surface area contributed by atoms with Crippen LogP contribution in [0.15, 0.2) is 53.6 Å². The zero-order valence-electron chi connectivity index (χ0n) is 20.6. The molecule has 1 aliphatic rings. The van der Waals surface area contributed by atoms with E-state index in [1.54, 1.807) is 13.3 Å². The van der Waals surface area contributed by atoms with Crippen molar-refractivity contribution in [2.75, 3.05) is 32.5 Å². The lowest BCUT2D eigenvalue weighted by Crippen LogP contribution is -2.44. The number of nitrogens with one attached hydrogen (secondary N) is 1. The van der Waals surface area contributed by atoms with E-state index in [-0.39, 0.29) is 12.0 Å². The summed E-state index contributed by atoms with van der Waals surface area (Å²) in [5, 5.41) is 20.8. The monoisotopic (exact) mass is 531 g/mol. The van der Waals surface area contributed by atoms with Crippen molar-refractivity contribution in [2.24, 2.45) is 11.8 Å². The third-order valence-electron chi connectivity index (χ3n) is 7.01. The van der Waals surface area contributed by atoms with Crippen molar-refractivity contribution in [3.63, 3.8) is 0 Å². The van der Waals surface area contributed by atoms with Crippen molar-refractivity contribution in [3.05, 3.63) is 65.9 Å². The van der Waals surface area contributed by atoms with Crippen LogP contribution >= 0.6 is 11.8 Å². The van der Waals surface area contributed by atoms with Gasteiger partial charge in [0.1, 0.15) is 17.4 Å². The van der Waals surface area contributed by atoms with E-state index in [0.29, 0.717) is 42.3 Å². The van der Waals surface area contributed by atoms with Crippen molar-refractivity contribution in [1.82, 2.24) is 15.4 Å². The van der Waals surface area contributed by atoms with Crippen LogP contribution in [0.1, 0.15) is 30.9 Å². The largest absolute Gasteiger partial charge is 0.497 e. The van der Waals surface area contributed by atoms with E-state index in [0.717, 1.165) is 35.5 Å². The maximum atomic E-state index is 13.4. The van der Waals surface area contributed by atoms with Crippen molar-refractivity contribution >= 4 is 28.6 Å². The molecule has 3 aromatic rings. The van der Waals surface area contributed by atoms with Crippen molar-refractivity contribution < 1.29 is 28.6 Å². The van der Waals surface area contributed by atoms with Crippen molar-refractivity contribution in [3.8, 4) is 5.75 Å². The number of carboxylic acid groups (broad SMARTS) is 1. The number of piperidine rings is 1. The molecule has 37 heavy (non-hydrogen) atoms. The number of hydroxylamine groups is 1. The maximum Gasteiger partial charge on any atom is 0.308 e. The Hall–Kier alpha value is -2.79. The fourth-order valence-electron chi connectivity index (χ4n) is 5.05. The lowest BCUT2D eigenvalue weighted by atomic mass is 9.81. The first-order valence-electron chi connectivity index (χ1n) is 12.2. The van der Waals surface area contributed by atoms with Crippen LogP contribution in [0.3, 0.4) is 0 Å². The molecule has 10 heteroatoms. The van der Waals surface area contributed by atoms with Crippen LogP contribution < -0.4 is 10.2 Å². The number of thioether (sulfide) groups is 1. The summed E-state index contributed by atoms with van der Waals surface area (Å²) in [7, 11) is 1.59. The SMILES string of the molecule is COc1ccc2nccc(C(CC[C@@H]3CCN(CCSc4cc(F)cc(F)c4)C[C@@H]3C(=O)O)NO)c2c1. The average molecular weight is 532 g/mol. The molecule has 2 aromatic carbocycles. The Balaban J connectivity index is 1.36. The van der Waals surface area contributed by atoms with Gasteiger partial charge in [0.2, 0.25) is 0 Å². The van der Waals surface area contributed by atoms with E-state index in [1.807, 2.05) is 24.3 Å². The molecule has 1 aromatic heterocycles. The van der Waals surface area contributed by atoms with Crippen LogP contribution in [0.2, 0.25) is 0 Å². The second-order valence-corrected chi connectivity index (χ2v) is 10.5. The maximum absolute atomic E-state index is 13.4. The summed E-state index contributed by atoms with van der Waals surface area (Å²) in [5.41, 5.74) is 4.07. The first kappa shape index (κ1) is 27.3. The van der Waals surface area contributed by atoms with Gasteiger partial charge in [0, 0.05) is 41.4 Å². The van der Waals surface area contributed by atoms with Crippen molar-refractivity contribution in [1.29, 1.82) is 0 Å². The molecule has 4 rings (SSSR count). The minimum Gasteiger partial charge on any atom is -0.497 e. The number of pyridine rings is 1. The fraction of sp³-hybridized carbons (Fsp3) is 0.407. The zero-order chi connectivity index (χ0) is 26.4. The first-order chi connectivity index (χ1) is 17.9. The predicted molar refractivity (Wildman–Crippen MR) is 138 cm³/mol. The number of carbonyl (C=O) groups is 1. The summed E-state index contributed by atoms with van der Waals surface area (Å²) in [5.74, 6) is -1.31. The highest BCUT2D eigenvalue weighted by atomic mass is 32.2. The van der Waals surface area contributed by atoms with Gasteiger partial charge in [-0.15, -0.1) is 11.8 Å². The zero-order valence-corrected chi connectivity index (χ0v) is 21.4. The first-order valence-corrected chi connectivity index (χ1v) is 13.2. The predicted octanol–water partition coefficient (Wildman–Crippen LogP) is 5.14. The molecular formula is C27H31F2N3O4S. The Bertz CT molecular complexity index is 1210. The summed E-state index contributed by atoms with van der Waals surface area (Å²) in [6.45, 7) is 1.80. The Morgan fingerprint density at radius 2 is 2.03 bits per heavy atom. The Kier molecular flexibility index (Phi) is 9.31. The molecule has 1 aliphatic heterocycles. The van der Waals surface area contributed by atoms with Crippen LogP contribution in [-0.4, -0.2) is 58.7 Å². The number of ether oxygens (including phenoxy) is 1. The second-order valence-electron chi connectivity index (χ2n) is 9.29. The smallest absolute Gasteiger partial charge is 0.308 e. The highest BCUT2D eigenvalue weighted by Crippen LogP contribution is 2.34.